The third-order valence-electron chi connectivity index (χ3n) is 1.02. The van der Waals surface area contributed by atoms with Crippen molar-refractivity contribution in [3.63, 3.8) is 0 Å². The molecule has 0 amide bonds. The van der Waals surface area contributed by atoms with E-state index >= 15 is 0 Å². The van der Waals surface area contributed by atoms with E-state index in [2.05, 4.69) is 10.3 Å². The Labute approximate surface area is 76.6 Å². The van der Waals surface area contributed by atoms with Gasteiger partial charge in [-0.05, 0) is 10.3 Å². The summed E-state index contributed by atoms with van der Waals surface area (Å²) in [5.74, 6) is 0.857. The summed E-state index contributed by atoms with van der Waals surface area (Å²) in [6.45, 7) is 3.33. The topological polar surface area (TPSA) is 70.9 Å². The van der Waals surface area contributed by atoms with Crippen LogP contribution in [0.2, 0.25) is 0 Å². The van der Waals surface area contributed by atoms with Gasteiger partial charge in [-0.25, -0.2) is 0 Å². The van der Waals surface area contributed by atoms with Gasteiger partial charge in [-0.15, -0.1) is 0 Å². The Morgan fingerprint density at radius 2 is 1.46 bits per heavy atom. The molecule has 0 aromatic heterocycles. The lowest BCUT2D eigenvalue weighted by Crippen LogP contribution is -1.89. The average Bonchev–Trinajstić information content (AvgIpc) is 2.62. The van der Waals surface area contributed by atoms with Crippen molar-refractivity contribution in [2.45, 2.75) is 13.8 Å². The summed E-state index contributed by atoms with van der Waals surface area (Å²) in [6.07, 6.45) is 0. The maximum atomic E-state index is 5.12. The minimum Gasteiger partial charge on any atom is -0.399 e. The van der Waals surface area contributed by atoms with Gasteiger partial charge in [-0.1, -0.05) is 0 Å². The fourth-order valence-electron chi connectivity index (χ4n) is 0.582. The van der Waals surface area contributed by atoms with E-state index < -0.39 is 17.2 Å². The molecule has 2 aliphatic rings. The quantitative estimate of drug-likeness (QED) is 0.672. The van der Waals surface area contributed by atoms with Crippen LogP contribution in [0.15, 0.2) is 10.3 Å². The summed E-state index contributed by atoms with van der Waals surface area (Å²) < 4.78 is 24.7. The monoisotopic (exact) mass is 224 g/mol. The number of oxime groups is 2. The molecule has 2 heterocycles. The van der Waals surface area contributed by atoms with Gasteiger partial charge in [0.05, 0.1) is 0 Å². The maximum absolute atomic E-state index is 5.12. The van der Waals surface area contributed by atoms with Crippen molar-refractivity contribution in [3.05, 3.63) is 0 Å². The number of hydrogen-bond donors (Lipinski definition) is 0. The molecule has 0 fully saturated rings. The Hall–Kier alpha value is -0.640. The Morgan fingerprint density at radius 1 is 1.00 bits per heavy atom. The summed E-state index contributed by atoms with van der Waals surface area (Å²) in [6, 6.07) is 0. The Bertz CT molecular complexity index is 243. The normalized spacial score (nSPS) is 30.9. The standard InChI is InChI=1S/C4H6N2O5P2/c1-3-5-9-12(7-3)11-13-8-4(2)6-10-13/h1-2H3. The molecular formula is C4H6N2O5P2. The average molecular weight is 224 g/mol. The van der Waals surface area contributed by atoms with Gasteiger partial charge < -0.3 is 18.3 Å². The second-order valence-corrected chi connectivity index (χ2v) is 4.33. The van der Waals surface area contributed by atoms with Gasteiger partial charge in [0.25, 0.3) is 0 Å². The molecule has 2 atom stereocenters. The molecule has 2 rings (SSSR count). The minimum atomic E-state index is -1.51. The van der Waals surface area contributed by atoms with E-state index in [0.717, 1.165) is 0 Å². The van der Waals surface area contributed by atoms with Crippen molar-refractivity contribution < 1.29 is 22.6 Å². The zero-order valence-electron chi connectivity index (χ0n) is 6.83. The van der Waals surface area contributed by atoms with Gasteiger partial charge >= 0.3 is 17.2 Å². The van der Waals surface area contributed by atoms with Crippen molar-refractivity contribution >= 4 is 29.0 Å². The lowest BCUT2D eigenvalue weighted by atomic mass is 10.8. The van der Waals surface area contributed by atoms with Gasteiger partial charge in [-0.2, -0.15) is 4.31 Å². The summed E-state index contributed by atoms with van der Waals surface area (Å²) in [5, 5.41) is 7.08. The van der Waals surface area contributed by atoms with Crippen LogP contribution in [0.4, 0.5) is 0 Å². The van der Waals surface area contributed by atoms with E-state index in [4.69, 9.17) is 22.6 Å². The summed E-state index contributed by atoms with van der Waals surface area (Å²) >= 11 is 0. The van der Waals surface area contributed by atoms with Crippen LogP contribution in [0.1, 0.15) is 13.8 Å². The van der Waals surface area contributed by atoms with Crippen LogP contribution in [0.25, 0.3) is 0 Å². The predicted octanol–water partition coefficient (Wildman–Crippen LogP) is 2.22. The SMILES string of the molecule is CC1=NOP(OP2ON=C(C)O2)O1. The van der Waals surface area contributed by atoms with Crippen molar-refractivity contribution in [1.29, 1.82) is 0 Å². The smallest absolute Gasteiger partial charge is 0.399 e. The molecular weight excluding hydrogens is 218 g/mol. The van der Waals surface area contributed by atoms with Crippen LogP contribution in [0, 0.1) is 0 Å². The van der Waals surface area contributed by atoms with E-state index in [9.17, 15) is 0 Å². The second-order valence-electron chi connectivity index (χ2n) is 2.10. The van der Waals surface area contributed by atoms with E-state index in [1.54, 1.807) is 13.8 Å². The first-order chi connectivity index (χ1) is 6.24. The fraction of sp³-hybridized carbons (Fsp3) is 0.500. The van der Waals surface area contributed by atoms with Crippen molar-refractivity contribution in [1.82, 2.24) is 0 Å². The minimum absolute atomic E-state index is 0.429. The van der Waals surface area contributed by atoms with E-state index in [1.807, 2.05) is 0 Å². The number of nitrogens with zero attached hydrogens (tertiary/aromatic N) is 2. The highest BCUT2D eigenvalue weighted by atomic mass is 31.2. The Morgan fingerprint density at radius 3 is 1.77 bits per heavy atom. The maximum Gasteiger partial charge on any atom is 0.495 e. The van der Waals surface area contributed by atoms with E-state index in [0.29, 0.717) is 11.8 Å². The molecule has 0 spiro atoms. The molecule has 0 saturated carbocycles. The third kappa shape index (κ3) is 2.18. The fourth-order valence-corrected chi connectivity index (χ4v) is 2.45. The van der Waals surface area contributed by atoms with Crippen LogP contribution < -0.4 is 0 Å². The highest BCUT2D eigenvalue weighted by molar-refractivity contribution is 7.56. The molecule has 0 aliphatic carbocycles. The number of hydrogen-bond acceptors (Lipinski definition) is 7. The molecule has 7 nitrogen and oxygen atoms in total. The third-order valence-corrected chi connectivity index (χ3v) is 3.34. The zero-order chi connectivity index (χ0) is 9.26. The van der Waals surface area contributed by atoms with Gasteiger partial charge in [0, 0.05) is 13.8 Å². The molecule has 2 unspecified atom stereocenters. The van der Waals surface area contributed by atoms with E-state index in [-0.39, 0.29) is 0 Å². The Balaban J connectivity index is 1.75. The van der Waals surface area contributed by atoms with Crippen molar-refractivity contribution in [2.24, 2.45) is 10.3 Å². The molecule has 0 bridgehead atoms. The molecule has 13 heavy (non-hydrogen) atoms. The van der Waals surface area contributed by atoms with Crippen molar-refractivity contribution in [2.75, 3.05) is 0 Å². The molecule has 9 heteroatoms. The van der Waals surface area contributed by atoms with Crippen LogP contribution >= 0.6 is 17.2 Å². The van der Waals surface area contributed by atoms with Crippen LogP contribution in [0.5, 0.6) is 0 Å². The molecule has 0 saturated heterocycles. The van der Waals surface area contributed by atoms with E-state index in [1.165, 1.54) is 0 Å². The molecule has 72 valence electrons. The van der Waals surface area contributed by atoms with Crippen LogP contribution in [-0.4, -0.2) is 11.8 Å². The summed E-state index contributed by atoms with van der Waals surface area (Å²) in [4.78, 5) is 0. The van der Waals surface area contributed by atoms with Crippen LogP contribution in [0.3, 0.4) is 0 Å². The van der Waals surface area contributed by atoms with Gasteiger partial charge in [0.2, 0.25) is 11.8 Å². The lowest BCUT2D eigenvalue weighted by molar-refractivity contribution is 0.278. The highest BCUT2D eigenvalue weighted by Crippen LogP contribution is 2.59. The van der Waals surface area contributed by atoms with Crippen molar-refractivity contribution in [3.8, 4) is 0 Å². The summed E-state index contributed by atoms with van der Waals surface area (Å²) in [7, 11) is -3.03. The molecule has 0 radical (unpaired) electrons. The van der Waals surface area contributed by atoms with Gasteiger partial charge in [-0.3, -0.25) is 0 Å². The number of rotatable bonds is 2. The Kier molecular flexibility index (Phi) is 2.49. The van der Waals surface area contributed by atoms with Crippen LogP contribution in [-0.2, 0) is 22.6 Å². The predicted molar refractivity (Wildman–Crippen MR) is 45.5 cm³/mol. The molecule has 2 aliphatic heterocycles. The highest BCUT2D eigenvalue weighted by Gasteiger charge is 2.34. The summed E-state index contributed by atoms with van der Waals surface area (Å²) in [5.41, 5.74) is 0. The largest absolute Gasteiger partial charge is 0.495 e. The first-order valence-corrected chi connectivity index (χ1v) is 5.51. The van der Waals surface area contributed by atoms with Gasteiger partial charge in [0.15, 0.2) is 0 Å². The zero-order valence-corrected chi connectivity index (χ0v) is 8.62. The molecule has 0 N–H and O–H groups in total. The lowest BCUT2D eigenvalue weighted by Gasteiger charge is -2.07. The molecule has 0 aromatic carbocycles. The first-order valence-electron chi connectivity index (χ1n) is 3.32. The van der Waals surface area contributed by atoms with Gasteiger partial charge in [0.1, 0.15) is 0 Å². The second kappa shape index (κ2) is 3.62. The first kappa shape index (κ1) is 8.94. The molecule has 0 aromatic rings.